The summed E-state index contributed by atoms with van der Waals surface area (Å²) in [6.45, 7) is 7.66. The van der Waals surface area contributed by atoms with Gasteiger partial charge in [0, 0.05) is 6.04 Å². The fourth-order valence-electron chi connectivity index (χ4n) is 2.39. The van der Waals surface area contributed by atoms with E-state index >= 15 is 0 Å². The van der Waals surface area contributed by atoms with Crippen molar-refractivity contribution in [2.75, 3.05) is 0 Å². The molecule has 0 aromatic carbocycles. The number of tetrazole rings is 1. The minimum Gasteiger partial charge on any atom is -0.335 e. The van der Waals surface area contributed by atoms with Crippen LogP contribution in [0.3, 0.4) is 0 Å². The number of carbonyl (C=O) groups is 2. The Kier molecular flexibility index (Phi) is 5.61. The highest BCUT2D eigenvalue weighted by atomic mass is 32.2. The van der Waals surface area contributed by atoms with E-state index in [1.165, 1.54) is 11.8 Å². The number of nitrogens with zero attached hydrogens (tertiary/aromatic N) is 4. The molecule has 1 aliphatic carbocycles. The molecule has 1 heterocycles. The Bertz CT molecular complexity index is 562. The summed E-state index contributed by atoms with van der Waals surface area (Å²) in [5.74, 6) is -0.353. The van der Waals surface area contributed by atoms with Crippen molar-refractivity contribution in [3.05, 3.63) is 0 Å². The zero-order valence-corrected chi connectivity index (χ0v) is 14.8. The maximum absolute atomic E-state index is 12.1. The summed E-state index contributed by atoms with van der Waals surface area (Å²) in [6.07, 6.45) is 4.21. The first-order chi connectivity index (χ1) is 10.8. The molecule has 1 atom stereocenters. The fourth-order valence-corrected chi connectivity index (χ4v) is 3.37. The van der Waals surface area contributed by atoms with Crippen molar-refractivity contribution in [2.45, 2.75) is 75.4 Å². The van der Waals surface area contributed by atoms with Gasteiger partial charge < -0.3 is 5.32 Å². The van der Waals surface area contributed by atoms with Crippen LogP contribution in [-0.4, -0.2) is 43.4 Å². The summed E-state index contributed by atoms with van der Waals surface area (Å²) in [6, 6.07) is -0.247. The third kappa shape index (κ3) is 4.92. The molecule has 0 unspecified atom stereocenters. The van der Waals surface area contributed by atoms with Crippen LogP contribution in [0.4, 0.5) is 4.79 Å². The lowest BCUT2D eigenvalue weighted by Crippen LogP contribution is -2.46. The predicted octanol–water partition coefficient (Wildman–Crippen LogP) is 1.68. The van der Waals surface area contributed by atoms with Gasteiger partial charge in [-0.05, 0) is 51.0 Å². The maximum Gasteiger partial charge on any atom is 0.321 e. The van der Waals surface area contributed by atoms with E-state index < -0.39 is 11.3 Å². The normalized spacial score (nSPS) is 17.0. The Morgan fingerprint density at radius 2 is 1.96 bits per heavy atom. The van der Waals surface area contributed by atoms with Crippen LogP contribution < -0.4 is 10.6 Å². The van der Waals surface area contributed by atoms with Crippen LogP contribution in [0.1, 0.15) is 53.4 Å². The molecule has 3 amide bonds. The van der Waals surface area contributed by atoms with Crippen molar-refractivity contribution < 1.29 is 9.59 Å². The minimum atomic E-state index is -0.476. The zero-order valence-electron chi connectivity index (χ0n) is 14.0. The van der Waals surface area contributed by atoms with Crippen LogP contribution >= 0.6 is 11.8 Å². The number of hydrogen-bond donors (Lipinski definition) is 2. The lowest BCUT2D eigenvalue weighted by Gasteiger charge is -2.20. The second kappa shape index (κ2) is 7.29. The number of rotatable bonds is 4. The van der Waals surface area contributed by atoms with Gasteiger partial charge in [-0.3, -0.25) is 10.1 Å². The van der Waals surface area contributed by atoms with Gasteiger partial charge >= 0.3 is 6.03 Å². The second-order valence-electron chi connectivity index (χ2n) is 6.75. The SMILES string of the molecule is C[C@H](Sc1nnnn1C(C)(C)C)C(=O)NC(=O)NC1CCCC1. The Balaban J connectivity index is 1.87. The number of urea groups is 1. The Hall–Kier alpha value is -1.64. The third-order valence-corrected chi connectivity index (χ3v) is 4.69. The fraction of sp³-hybridized carbons (Fsp3) is 0.786. The van der Waals surface area contributed by atoms with E-state index in [0.29, 0.717) is 5.16 Å². The van der Waals surface area contributed by atoms with Crippen molar-refractivity contribution in [1.82, 2.24) is 30.8 Å². The summed E-state index contributed by atoms with van der Waals surface area (Å²) in [4.78, 5) is 24.0. The molecule has 1 aromatic rings. The molecule has 0 spiro atoms. The van der Waals surface area contributed by atoms with Crippen molar-refractivity contribution in [3.63, 3.8) is 0 Å². The van der Waals surface area contributed by atoms with Gasteiger partial charge in [0.15, 0.2) is 0 Å². The molecule has 1 aromatic heterocycles. The lowest BCUT2D eigenvalue weighted by molar-refractivity contribution is -0.119. The van der Waals surface area contributed by atoms with Crippen LogP contribution in [0, 0.1) is 0 Å². The highest BCUT2D eigenvalue weighted by Crippen LogP contribution is 2.25. The molecule has 0 aliphatic heterocycles. The molecule has 9 heteroatoms. The van der Waals surface area contributed by atoms with Gasteiger partial charge in [-0.25, -0.2) is 9.48 Å². The van der Waals surface area contributed by atoms with E-state index in [4.69, 9.17) is 0 Å². The molecule has 8 nitrogen and oxygen atoms in total. The average Bonchev–Trinajstić information content (AvgIpc) is 3.08. The van der Waals surface area contributed by atoms with Gasteiger partial charge in [0.25, 0.3) is 0 Å². The molecule has 1 fully saturated rings. The molecule has 0 radical (unpaired) electrons. The van der Waals surface area contributed by atoms with Crippen molar-refractivity contribution in [2.24, 2.45) is 0 Å². The lowest BCUT2D eigenvalue weighted by atomic mass is 10.1. The monoisotopic (exact) mass is 340 g/mol. The molecule has 1 saturated carbocycles. The first-order valence-electron chi connectivity index (χ1n) is 7.84. The smallest absolute Gasteiger partial charge is 0.321 e. The van der Waals surface area contributed by atoms with E-state index in [1.54, 1.807) is 11.6 Å². The van der Waals surface area contributed by atoms with Gasteiger partial charge in [-0.1, -0.05) is 24.6 Å². The largest absolute Gasteiger partial charge is 0.335 e. The number of hydrogen-bond acceptors (Lipinski definition) is 6. The molecule has 0 bridgehead atoms. The molecular formula is C14H24N6O2S. The standard InChI is InChI=1S/C14H24N6O2S/c1-9(23-13-17-18-19-20(13)14(2,3)4)11(21)16-12(22)15-10-7-5-6-8-10/h9-10H,5-8H2,1-4H3,(H2,15,16,21,22)/t9-/m0/s1. The zero-order chi connectivity index (χ0) is 17.0. The molecule has 128 valence electrons. The van der Waals surface area contributed by atoms with Crippen LogP contribution in [0.25, 0.3) is 0 Å². The highest BCUT2D eigenvalue weighted by Gasteiger charge is 2.25. The Morgan fingerprint density at radius 1 is 1.30 bits per heavy atom. The number of carbonyl (C=O) groups excluding carboxylic acids is 2. The third-order valence-electron chi connectivity index (χ3n) is 3.65. The van der Waals surface area contributed by atoms with Crippen LogP contribution in [0.15, 0.2) is 5.16 Å². The summed E-state index contributed by atoms with van der Waals surface area (Å²) in [7, 11) is 0. The van der Waals surface area contributed by atoms with E-state index in [9.17, 15) is 9.59 Å². The van der Waals surface area contributed by atoms with Crippen molar-refractivity contribution in [3.8, 4) is 0 Å². The number of aromatic nitrogens is 4. The van der Waals surface area contributed by atoms with Crippen molar-refractivity contribution >= 4 is 23.7 Å². The first-order valence-corrected chi connectivity index (χ1v) is 8.72. The van der Waals surface area contributed by atoms with E-state index in [2.05, 4.69) is 26.2 Å². The van der Waals surface area contributed by atoms with Crippen LogP contribution in [0.5, 0.6) is 0 Å². The number of amides is 3. The summed E-state index contributed by atoms with van der Waals surface area (Å²) in [5.41, 5.74) is -0.276. The Labute approximate surface area is 140 Å². The van der Waals surface area contributed by atoms with Gasteiger partial charge in [0.1, 0.15) is 0 Å². The van der Waals surface area contributed by atoms with E-state index in [1.807, 2.05) is 20.8 Å². The van der Waals surface area contributed by atoms with Crippen molar-refractivity contribution in [1.29, 1.82) is 0 Å². The average molecular weight is 340 g/mol. The summed E-state index contributed by atoms with van der Waals surface area (Å²) >= 11 is 1.23. The molecule has 0 saturated heterocycles. The van der Waals surface area contributed by atoms with Gasteiger partial charge in [-0.2, -0.15) is 0 Å². The number of nitrogens with one attached hydrogen (secondary N) is 2. The Morgan fingerprint density at radius 3 is 2.57 bits per heavy atom. The van der Waals surface area contributed by atoms with Gasteiger partial charge in [-0.15, -0.1) is 5.10 Å². The maximum atomic E-state index is 12.1. The quantitative estimate of drug-likeness (QED) is 0.809. The van der Waals surface area contributed by atoms with Crippen LogP contribution in [-0.2, 0) is 10.3 Å². The second-order valence-corrected chi connectivity index (χ2v) is 8.06. The molecule has 2 rings (SSSR count). The highest BCUT2D eigenvalue weighted by molar-refractivity contribution is 8.00. The summed E-state index contributed by atoms with van der Waals surface area (Å²) in [5, 5.41) is 16.9. The first kappa shape index (κ1) is 17.7. The predicted molar refractivity (Wildman–Crippen MR) is 87.1 cm³/mol. The van der Waals surface area contributed by atoms with Gasteiger partial charge in [0.05, 0.1) is 10.8 Å². The van der Waals surface area contributed by atoms with E-state index in [0.717, 1.165) is 25.7 Å². The molecule has 1 aliphatic rings. The molecule has 2 N–H and O–H groups in total. The summed E-state index contributed by atoms with van der Waals surface area (Å²) < 4.78 is 1.67. The van der Waals surface area contributed by atoms with Crippen LogP contribution in [0.2, 0.25) is 0 Å². The molecule has 23 heavy (non-hydrogen) atoms. The number of thioether (sulfide) groups is 1. The number of imide groups is 1. The molecular weight excluding hydrogens is 316 g/mol. The van der Waals surface area contributed by atoms with Gasteiger partial charge in [0.2, 0.25) is 11.1 Å². The van der Waals surface area contributed by atoms with E-state index in [-0.39, 0.29) is 17.5 Å². The topological polar surface area (TPSA) is 102 Å². The minimum absolute atomic E-state index is 0.180.